The lowest BCUT2D eigenvalue weighted by Crippen LogP contribution is -2.25. The second kappa shape index (κ2) is 4.44. The van der Waals surface area contributed by atoms with E-state index in [1.54, 1.807) is 19.9 Å². The number of hydrogen-bond donors (Lipinski definition) is 0. The van der Waals surface area contributed by atoms with Gasteiger partial charge in [-0.15, -0.1) is 11.3 Å². The quantitative estimate of drug-likeness (QED) is 0.808. The molecule has 96 valence electrons. The fraction of sp³-hybridized carbons (Fsp3) is 0.333. The van der Waals surface area contributed by atoms with E-state index in [1.807, 2.05) is 18.2 Å². The number of sulfone groups is 1. The van der Waals surface area contributed by atoms with E-state index in [9.17, 15) is 13.2 Å². The molecular formula is C12H13NO3S2. The van der Waals surface area contributed by atoms with Crippen LogP contribution in [0, 0.1) is 5.41 Å². The molecule has 0 saturated heterocycles. The Morgan fingerprint density at radius 3 is 2.61 bits per heavy atom. The Balaban J connectivity index is 2.44. The lowest BCUT2D eigenvalue weighted by Gasteiger charge is -2.14. The molecule has 18 heavy (non-hydrogen) atoms. The Morgan fingerprint density at radius 2 is 2.00 bits per heavy atom. The molecule has 1 aromatic carbocycles. The highest BCUT2D eigenvalue weighted by Crippen LogP contribution is 2.28. The summed E-state index contributed by atoms with van der Waals surface area (Å²) >= 11 is 1.14. The molecule has 0 aliphatic rings. The third-order valence-electron chi connectivity index (χ3n) is 2.42. The third-order valence-corrected chi connectivity index (χ3v) is 6.01. The number of fused-ring (bicyclic) bond motifs is 1. The summed E-state index contributed by atoms with van der Waals surface area (Å²) in [5.74, 6) is -0.219. The van der Waals surface area contributed by atoms with Gasteiger partial charge in [-0.1, -0.05) is 26.0 Å². The molecule has 0 radical (unpaired) electrons. The van der Waals surface area contributed by atoms with Crippen molar-refractivity contribution in [1.29, 1.82) is 0 Å². The molecule has 0 aliphatic carbocycles. The molecule has 0 atom stereocenters. The van der Waals surface area contributed by atoms with E-state index >= 15 is 0 Å². The van der Waals surface area contributed by atoms with E-state index in [0.717, 1.165) is 16.0 Å². The highest BCUT2D eigenvalue weighted by atomic mass is 32.2. The van der Waals surface area contributed by atoms with Crippen LogP contribution in [0.1, 0.15) is 13.8 Å². The van der Waals surface area contributed by atoms with Crippen molar-refractivity contribution in [1.82, 2.24) is 4.98 Å². The largest absolute Gasteiger partial charge is 0.303 e. The van der Waals surface area contributed by atoms with Gasteiger partial charge in [-0.2, -0.15) is 0 Å². The molecule has 4 nitrogen and oxygen atoms in total. The molecule has 2 aromatic rings. The summed E-state index contributed by atoms with van der Waals surface area (Å²) in [6.07, 6.45) is 0.665. The van der Waals surface area contributed by atoms with Gasteiger partial charge in [0.1, 0.15) is 6.29 Å². The maximum absolute atomic E-state index is 12.2. The molecule has 6 heteroatoms. The zero-order valence-corrected chi connectivity index (χ0v) is 11.7. The minimum absolute atomic E-state index is 0.0821. The van der Waals surface area contributed by atoms with Gasteiger partial charge in [0, 0.05) is 5.41 Å². The van der Waals surface area contributed by atoms with E-state index in [1.165, 1.54) is 0 Å². The van der Waals surface area contributed by atoms with Crippen LogP contribution in [0.4, 0.5) is 0 Å². The Hall–Kier alpha value is -1.27. The molecule has 0 aliphatic heterocycles. The maximum Gasteiger partial charge on any atom is 0.210 e. The van der Waals surface area contributed by atoms with E-state index in [2.05, 4.69) is 4.98 Å². The molecule has 0 unspecified atom stereocenters. The first-order valence-electron chi connectivity index (χ1n) is 5.39. The normalized spacial score (nSPS) is 12.8. The minimum Gasteiger partial charge on any atom is -0.303 e. The highest BCUT2D eigenvalue weighted by molar-refractivity contribution is 7.93. The summed E-state index contributed by atoms with van der Waals surface area (Å²) in [6.45, 7) is 3.20. The summed E-state index contributed by atoms with van der Waals surface area (Å²) in [6, 6.07) is 7.26. The van der Waals surface area contributed by atoms with Gasteiger partial charge < -0.3 is 4.79 Å². The number of rotatable bonds is 4. The van der Waals surface area contributed by atoms with Crippen molar-refractivity contribution < 1.29 is 13.2 Å². The Kier molecular flexibility index (Phi) is 3.25. The highest BCUT2D eigenvalue weighted by Gasteiger charge is 2.29. The predicted molar refractivity (Wildman–Crippen MR) is 71.5 cm³/mol. The van der Waals surface area contributed by atoms with Gasteiger partial charge in [0.05, 0.1) is 16.0 Å². The molecule has 0 bridgehead atoms. The van der Waals surface area contributed by atoms with Crippen LogP contribution >= 0.6 is 11.3 Å². The van der Waals surface area contributed by atoms with Crippen molar-refractivity contribution in [2.45, 2.75) is 18.2 Å². The van der Waals surface area contributed by atoms with Gasteiger partial charge >= 0.3 is 0 Å². The summed E-state index contributed by atoms with van der Waals surface area (Å²) in [7, 11) is -3.52. The van der Waals surface area contributed by atoms with E-state index in [0.29, 0.717) is 11.8 Å². The lowest BCUT2D eigenvalue weighted by molar-refractivity contribution is -0.113. The lowest BCUT2D eigenvalue weighted by atomic mass is 10.00. The smallest absolute Gasteiger partial charge is 0.210 e. The maximum atomic E-state index is 12.2. The number of aldehydes is 1. The monoisotopic (exact) mass is 283 g/mol. The molecule has 2 rings (SSSR count). The van der Waals surface area contributed by atoms with Crippen LogP contribution in [0.5, 0.6) is 0 Å². The summed E-state index contributed by atoms with van der Waals surface area (Å²) in [5, 5.41) is 0. The first-order chi connectivity index (χ1) is 8.34. The summed E-state index contributed by atoms with van der Waals surface area (Å²) < 4.78 is 25.2. The molecule has 0 saturated carbocycles. The predicted octanol–water partition coefficient (Wildman–Crippen LogP) is 2.30. The van der Waals surface area contributed by atoms with E-state index < -0.39 is 15.3 Å². The van der Waals surface area contributed by atoms with Gasteiger partial charge in [-0.05, 0) is 12.1 Å². The van der Waals surface area contributed by atoms with Gasteiger partial charge in [0.15, 0.2) is 0 Å². The second-order valence-corrected chi connectivity index (χ2v) is 8.01. The minimum atomic E-state index is -3.52. The Morgan fingerprint density at radius 1 is 1.33 bits per heavy atom. The van der Waals surface area contributed by atoms with Crippen molar-refractivity contribution in [2.24, 2.45) is 5.41 Å². The van der Waals surface area contributed by atoms with Gasteiger partial charge in [0.2, 0.25) is 14.2 Å². The SMILES string of the molecule is CC(C)(C=O)CS(=O)(=O)c1nc2ccccc2s1. The van der Waals surface area contributed by atoms with Crippen LogP contribution in [0.15, 0.2) is 28.6 Å². The van der Waals surface area contributed by atoms with Crippen molar-refractivity contribution in [3.05, 3.63) is 24.3 Å². The number of hydrogen-bond acceptors (Lipinski definition) is 5. The molecule has 1 aromatic heterocycles. The number of carbonyl (C=O) groups is 1. The fourth-order valence-corrected chi connectivity index (χ4v) is 4.63. The van der Waals surface area contributed by atoms with Crippen molar-refractivity contribution in [2.75, 3.05) is 5.75 Å². The van der Waals surface area contributed by atoms with Crippen LogP contribution in [0.2, 0.25) is 0 Å². The molecular weight excluding hydrogens is 270 g/mol. The summed E-state index contributed by atoms with van der Waals surface area (Å²) in [4.78, 5) is 14.9. The summed E-state index contributed by atoms with van der Waals surface area (Å²) in [5.41, 5.74) is -0.221. The van der Waals surface area contributed by atoms with Crippen molar-refractivity contribution >= 4 is 37.7 Å². The average molecular weight is 283 g/mol. The van der Waals surface area contributed by atoms with E-state index in [-0.39, 0.29) is 10.1 Å². The van der Waals surface area contributed by atoms with E-state index in [4.69, 9.17) is 0 Å². The Labute approximate surface area is 110 Å². The number of carbonyl (C=O) groups excluding carboxylic acids is 1. The number of benzene rings is 1. The van der Waals surface area contributed by atoms with Gasteiger partial charge in [-0.3, -0.25) is 0 Å². The first-order valence-corrected chi connectivity index (χ1v) is 7.86. The van der Waals surface area contributed by atoms with Crippen LogP contribution in [-0.4, -0.2) is 25.4 Å². The zero-order chi connectivity index (χ0) is 13.4. The molecule has 0 fully saturated rings. The molecule has 0 spiro atoms. The van der Waals surface area contributed by atoms with Crippen molar-refractivity contribution in [3.63, 3.8) is 0 Å². The van der Waals surface area contributed by atoms with Gasteiger partial charge in [0.25, 0.3) is 0 Å². The van der Waals surface area contributed by atoms with Crippen LogP contribution < -0.4 is 0 Å². The topological polar surface area (TPSA) is 64.1 Å². The molecule has 1 heterocycles. The average Bonchev–Trinajstić information content (AvgIpc) is 2.72. The fourth-order valence-electron chi connectivity index (χ4n) is 1.57. The number of para-hydroxylation sites is 1. The standard InChI is InChI=1S/C12H13NO3S2/c1-12(2,7-14)8-18(15,16)11-13-9-5-3-4-6-10(9)17-11/h3-7H,8H2,1-2H3. The number of thiazole rings is 1. The Bertz CT molecular complexity index is 653. The molecule has 0 amide bonds. The van der Waals surface area contributed by atoms with Gasteiger partial charge in [-0.25, -0.2) is 13.4 Å². The first kappa shape index (κ1) is 13.2. The third kappa shape index (κ3) is 2.59. The second-order valence-electron chi connectivity index (χ2n) is 4.81. The molecule has 0 N–H and O–H groups in total. The number of nitrogens with zero attached hydrogens (tertiary/aromatic N) is 1. The zero-order valence-electron chi connectivity index (χ0n) is 10.1. The van der Waals surface area contributed by atoms with Crippen molar-refractivity contribution in [3.8, 4) is 0 Å². The number of aromatic nitrogens is 1. The van der Waals surface area contributed by atoms with Crippen LogP contribution in [0.3, 0.4) is 0 Å². The van der Waals surface area contributed by atoms with Crippen LogP contribution in [0.25, 0.3) is 10.2 Å². The van der Waals surface area contributed by atoms with Crippen LogP contribution in [-0.2, 0) is 14.6 Å².